The summed E-state index contributed by atoms with van der Waals surface area (Å²) in [4.78, 5) is 0. The van der Waals surface area contributed by atoms with E-state index in [9.17, 15) is 0 Å². The van der Waals surface area contributed by atoms with Crippen LogP contribution in [-0.2, 0) is 9.47 Å². The van der Waals surface area contributed by atoms with E-state index in [0.717, 1.165) is 25.0 Å². The average molecular weight is 419 g/mol. The third-order valence-electron chi connectivity index (χ3n) is 4.41. The van der Waals surface area contributed by atoms with Gasteiger partial charge in [0.05, 0.1) is 6.61 Å². The third-order valence-corrected chi connectivity index (χ3v) is 4.97. The number of halogens is 1. The lowest BCUT2D eigenvalue weighted by molar-refractivity contribution is -0.0531. The van der Waals surface area contributed by atoms with Gasteiger partial charge in [-0.1, -0.05) is 99.2 Å². The van der Waals surface area contributed by atoms with Crippen molar-refractivity contribution in [2.45, 2.75) is 103 Å². The van der Waals surface area contributed by atoms with Crippen LogP contribution in [0, 0.1) is 0 Å². The van der Waals surface area contributed by atoms with Crippen molar-refractivity contribution < 1.29 is 9.47 Å². The highest BCUT2D eigenvalue weighted by Gasteiger charge is 1.92. The lowest BCUT2D eigenvalue weighted by Crippen LogP contribution is -2.02. The molecular formula is C22H43BrO2. The first kappa shape index (κ1) is 25.1. The zero-order valence-electron chi connectivity index (χ0n) is 16.8. The Balaban J connectivity index is 3.04. The Bertz CT molecular complexity index is 256. The van der Waals surface area contributed by atoms with Crippen molar-refractivity contribution in [1.29, 1.82) is 0 Å². The molecule has 0 aliphatic heterocycles. The van der Waals surface area contributed by atoms with Crippen molar-refractivity contribution in [2.24, 2.45) is 0 Å². The smallest absolute Gasteiger partial charge is 0.146 e. The third kappa shape index (κ3) is 24.1. The first-order valence-electron chi connectivity index (χ1n) is 10.8. The number of rotatable bonds is 21. The average Bonchev–Trinajstić information content (AvgIpc) is 2.63. The van der Waals surface area contributed by atoms with E-state index in [1.54, 1.807) is 0 Å². The predicted octanol–water partition coefficient (Wildman–Crippen LogP) is 7.80. The molecule has 0 spiro atoms. The molecule has 0 aliphatic carbocycles. The van der Waals surface area contributed by atoms with Gasteiger partial charge in [-0.05, 0) is 32.1 Å². The molecule has 150 valence electrons. The number of hydrogen-bond acceptors (Lipinski definition) is 2. The fraction of sp³-hybridized carbons (Fsp3) is 0.909. The second kappa shape index (κ2) is 24.1. The summed E-state index contributed by atoms with van der Waals surface area (Å²) in [5, 5.41) is 1.16. The Hall–Kier alpha value is 0.140. The number of ether oxygens (including phenoxy) is 2. The molecule has 0 saturated carbocycles. The molecule has 0 bridgehead atoms. The number of unbranched alkanes of at least 4 members (excludes halogenated alkanes) is 12. The standard InChI is InChI=1S/C22H43BrO2/c1-2-3-4-14-17-20-24-22-25-21-18-15-12-10-8-6-5-7-9-11-13-16-19-23/h12,15H,2-11,13-14,16-22H2,1H3. The lowest BCUT2D eigenvalue weighted by atomic mass is 10.1. The summed E-state index contributed by atoms with van der Waals surface area (Å²) in [6.07, 6.45) is 24.3. The van der Waals surface area contributed by atoms with Crippen molar-refractivity contribution in [3.05, 3.63) is 12.2 Å². The zero-order valence-corrected chi connectivity index (χ0v) is 18.4. The minimum absolute atomic E-state index is 0.456. The minimum Gasteiger partial charge on any atom is -0.355 e. The maximum Gasteiger partial charge on any atom is 0.146 e. The lowest BCUT2D eigenvalue weighted by Gasteiger charge is -2.04. The van der Waals surface area contributed by atoms with Crippen LogP contribution in [0.5, 0.6) is 0 Å². The van der Waals surface area contributed by atoms with E-state index >= 15 is 0 Å². The minimum atomic E-state index is 0.456. The maximum atomic E-state index is 5.48. The van der Waals surface area contributed by atoms with Crippen molar-refractivity contribution in [2.75, 3.05) is 25.3 Å². The van der Waals surface area contributed by atoms with E-state index in [1.165, 1.54) is 89.9 Å². The molecule has 0 amide bonds. The van der Waals surface area contributed by atoms with Crippen molar-refractivity contribution in [1.82, 2.24) is 0 Å². The van der Waals surface area contributed by atoms with E-state index in [1.807, 2.05) is 0 Å². The largest absolute Gasteiger partial charge is 0.355 e. The highest BCUT2D eigenvalue weighted by Crippen LogP contribution is 2.10. The van der Waals surface area contributed by atoms with Gasteiger partial charge >= 0.3 is 0 Å². The van der Waals surface area contributed by atoms with Crippen LogP contribution in [0.3, 0.4) is 0 Å². The molecule has 3 heteroatoms. The molecule has 0 unspecified atom stereocenters. The molecule has 0 atom stereocenters. The van der Waals surface area contributed by atoms with Crippen molar-refractivity contribution >= 4 is 15.9 Å². The summed E-state index contributed by atoms with van der Waals surface area (Å²) in [6.45, 7) is 4.32. The van der Waals surface area contributed by atoms with Crippen LogP contribution >= 0.6 is 15.9 Å². The second-order valence-electron chi connectivity index (χ2n) is 6.91. The van der Waals surface area contributed by atoms with Gasteiger partial charge < -0.3 is 9.47 Å². The highest BCUT2D eigenvalue weighted by atomic mass is 79.9. The monoisotopic (exact) mass is 418 g/mol. The van der Waals surface area contributed by atoms with Crippen LogP contribution in [0.1, 0.15) is 103 Å². The van der Waals surface area contributed by atoms with Crippen LogP contribution in [0.2, 0.25) is 0 Å². The fourth-order valence-corrected chi connectivity index (χ4v) is 3.19. The first-order valence-corrected chi connectivity index (χ1v) is 11.9. The number of allylic oxidation sites excluding steroid dienone is 1. The molecule has 0 N–H and O–H groups in total. The van der Waals surface area contributed by atoms with Gasteiger partial charge in [-0.25, -0.2) is 0 Å². The van der Waals surface area contributed by atoms with Crippen LogP contribution in [0.25, 0.3) is 0 Å². The van der Waals surface area contributed by atoms with Gasteiger partial charge in [-0.15, -0.1) is 0 Å². The highest BCUT2D eigenvalue weighted by molar-refractivity contribution is 9.09. The van der Waals surface area contributed by atoms with E-state index < -0.39 is 0 Å². The van der Waals surface area contributed by atoms with E-state index in [4.69, 9.17) is 9.47 Å². The summed E-state index contributed by atoms with van der Waals surface area (Å²) in [5.74, 6) is 0. The molecular weight excluding hydrogens is 376 g/mol. The SMILES string of the molecule is CCCCCCCOCOCCC=CCCCCCCCCCCBr. The van der Waals surface area contributed by atoms with Gasteiger partial charge in [0.2, 0.25) is 0 Å². The Morgan fingerprint density at radius 3 is 1.88 bits per heavy atom. The maximum absolute atomic E-state index is 5.48. The van der Waals surface area contributed by atoms with Crippen molar-refractivity contribution in [3.8, 4) is 0 Å². The number of alkyl halides is 1. The van der Waals surface area contributed by atoms with Gasteiger partial charge in [-0.2, -0.15) is 0 Å². The van der Waals surface area contributed by atoms with Crippen LogP contribution in [0.4, 0.5) is 0 Å². The molecule has 0 aliphatic rings. The van der Waals surface area contributed by atoms with E-state index in [2.05, 4.69) is 35.0 Å². The molecule has 25 heavy (non-hydrogen) atoms. The Morgan fingerprint density at radius 1 is 0.600 bits per heavy atom. The Kier molecular flexibility index (Phi) is 24.3. The van der Waals surface area contributed by atoms with Crippen LogP contribution < -0.4 is 0 Å². The van der Waals surface area contributed by atoms with E-state index in [0.29, 0.717) is 6.79 Å². The molecule has 0 saturated heterocycles. The fourth-order valence-electron chi connectivity index (χ4n) is 2.79. The van der Waals surface area contributed by atoms with Crippen LogP contribution in [-0.4, -0.2) is 25.3 Å². The zero-order chi connectivity index (χ0) is 18.3. The summed E-state index contributed by atoms with van der Waals surface area (Å²) in [6, 6.07) is 0. The molecule has 0 heterocycles. The molecule has 0 fully saturated rings. The molecule has 0 rings (SSSR count). The van der Waals surface area contributed by atoms with Gasteiger partial charge in [0, 0.05) is 11.9 Å². The molecule has 0 aromatic heterocycles. The predicted molar refractivity (Wildman–Crippen MR) is 115 cm³/mol. The van der Waals surface area contributed by atoms with Crippen molar-refractivity contribution in [3.63, 3.8) is 0 Å². The molecule has 0 aromatic carbocycles. The van der Waals surface area contributed by atoms with Gasteiger partial charge in [-0.3, -0.25) is 0 Å². The molecule has 0 aromatic rings. The van der Waals surface area contributed by atoms with Gasteiger partial charge in [0.25, 0.3) is 0 Å². The Morgan fingerprint density at radius 2 is 1.16 bits per heavy atom. The molecule has 0 radical (unpaired) electrons. The summed E-state index contributed by atoms with van der Waals surface area (Å²) < 4.78 is 11.0. The van der Waals surface area contributed by atoms with E-state index in [-0.39, 0.29) is 0 Å². The Labute approximate surface area is 166 Å². The summed E-state index contributed by atoms with van der Waals surface area (Å²) in [7, 11) is 0. The van der Waals surface area contributed by atoms with Gasteiger partial charge in [0.15, 0.2) is 0 Å². The molecule has 2 nitrogen and oxygen atoms in total. The summed E-state index contributed by atoms with van der Waals surface area (Å²) >= 11 is 3.49. The van der Waals surface area contributed by atoms with Gasteiger partial charge in [0.1, 0.15) is 6.79 Å². The topological polar surface area (TPSA) is 18.5 Å². The summed E-state index contributed by atoms with van der Waals surface area (Å²) in [5.41, 5.74) is 0. The van der Waals surface area contributed by atoms with Crippen LogP contribution in [0.15, 0.2) is 12.2 Å². The quantitative estimate of drug-likeness (QED) is 0.0818. The second-order valence-corrected chi connectivity index (χ2v) is 7.71. The first-order chi connectivity index (χ1) is 12.4. The number of hydrogen-bond donors (Lipinski definition) is 0. The normalized spacial score (nSPS) is 11.6.